The highest BCUT2D eigenvalue weighted by molar-refractivity contribution is 5.91. The molecule has 1 rings (SSSR count). The van der Waals surface area contributed by atoms with E-state index in [9.17, 15) is 19.5 Å². The Bertz CT molecular complexity index is 586. The maximum Gasteiger partial charge on any atom is 0.312 e. The molecule has 0 spiro atoms. The molecule has 8 heteroatoms. The van der Waals surface area contributed by atoms with Crippen LogP contribution in [0.25, 0.3) is 0 Å². The summed E-state index contributed by atoms with van der Waals surface area (Å²) < 4.78 is 0. The van der Waals surface area contributed by atoms with Gasteiger partial charge in [0.25, 0.3) is 0 Å². The Morgan fingerprint density at radius 3 is 2.08 bits per heavy atom. The fourth-order valence-electron chi connectivity index (χ4n) is 2.24. The molecule has 0 saturated carbocycles. The first kappa shape index (κ1) is 19.3. The first-order chi connectivity index (χ1) is 11.2. The molecular formula is C16H24N4O4. The third-order valence-electron chi connectivity index (χ3n) is 3.38. The van der Waals surface area contributed by atoms with E-state index in [0.29, 0.717) is 12.0 Å². The van der Waals surface area contributed by atoms with Gasteiger partial charge in [0, 0.05) is 6.42 Å². The van der Waals surface area contributed by atoms with Crippen LogP contribution < -0.4 is 22.1 Å². The number of rotatable bonds is 8. The molecule has 8 nitrogen and oxygen atoms in total. The highest BCUT2D eigenvalue weighted by Crippen LogP contribution is 2.12. The van der Waals surface area contributed by atoms with Crippen molar-refractivity contribution in [2.75, 3.05) is 0 Å². The van der Waals surface area contributed by atoms with Crippen molar-refractivity contribution >= 4 is 17.8 Å². The van der Waals surface area contributed by atoms with E-state index in [-0.39, 0.29) is 18.1 Å². The Labute approximate surface area is 140 Å². The molecule has 0 saturated heterocycles. The molecule has 1 aromatic carbocycles. The molecule has 0 fully saturated rings. The summed E-state index contributed by atoms with van der Waals surface area (Å²) in [6, 6.07) is 3.55. The molecule has 1 aromatic rings. The molecule has 0 radical (unpaired) electrons. The van der Waals surface area contributed by atoms with Gasteiger partial charge in [-0.25, -0.2) is 4.79 Å². The van der Waals surface area contributed by atoms with Crippen molar-refractivity contribution in [3.8, 4) is 5.75 Å². The van der Waals surface area contributed by atoms with E-state index in [1.807, 2.05) is 13.8 Å². The zero-order chi connectivity index (χ0) is 18.3. The molecule has 0 aliphatic carbocycles. The Morgan fingerprint density at radius 1 is 1.04 bits per heavy atom. The lowest BCUT2D eigenvalue weighted by atomic mass is 10.0. The topological polar surface area (TPSA) is 148 Å². The lowest BCUT2D eigenvalue weighted by Crippen LogP contribution is -2.54. The monoisotopic (exact) mass is 336 g/mol. The molecule has 0 bridgehead atoms. The van der Waals surface area contributed by atoms with Gasteiger partial charge in [0.15, 0.2) is 0 Å². The fraction of sp³-hybridized carbons (Fsp3) is 0.438. The summed E-state index contributed by atoms with van der Waals surface area (Å²) in [5, 5.41) is 14.2. The van der Waals surface area contributed by atoms with Crippen molar-refractivity contribution in [3.63, 3.8) is 0 Å². The first-order valence-corrected chi connectivity index (χ1v) is 7.62. The average molecular weight is 336 g/mol. The van der Waals surface area contributed by atoms with Crippen molar-refractivity contribution in [3.05, 3.63) is 29.8 Å². The third kappa shape index (κ3) is 6.55. The Morgan fingerprint density at radius 2 is 1.62 bits per heavy atom. The third-order valence-corrected chi connectivity index (χ3v) is 3.38. The fourth-order valence-corrected chi connectivity index (χ4v) is 2.24. The molecule has 7 N–H and O–H groups in total. The molecule has 0 unspecified atom stereocenters. The van der Waals surface area contributed by atoms with Gasteiger partial charge in [-0.15, -0.1) is 0 Å². The maximum atomic E-state index is 12.4. The second kappa shape index (κ2) is 8.76. The number of primary amides is 2. The zero-order valence-corrected chi connectivity index (χ0v) is 13.8. The van der Waals surface area contributed by atoms with E-state index in [1.165, 1.54) is 12.1 Å². The number of aromatic hydroxyl groups is 1. The van der Waals surface area contributed by atoms with Crippen molar-refractivity contribution in [1.82, 2.24) is 10.6 Å². The summed E-state index contributed by atoms with van der Waals surface area (Å²) in [7, 11) is 0. The van der Waals surface area contributed by atoms with Crippen molar-refractivity contribution in [2.24, 2.45) is 17.4 Å². The number of nitrogens with two attached hydrogens (primary N) is 2. The van der Waals surface area contributed by atoms with Crippen molar-refractivity contribution < 1.29 is 19.5 Å². The molecule has 132 valence electrons. The van der Waals surface area contributed by atoms with Gasteiger partial charge in [-0.1, -0.05) is 26.0 Å². The lowest BCUT2D eigenvalue weighted by molar-refractivity contribution is -0.128. The number of urea groups is 1. The summed E-state index contributed by atoms with van der Waals surface area (Å²) in [6.07, 6.45) is 0.547. The van der Waals surface area contributed by atoms with Gasteiger partial charge in [0.05, 0.1) is 0 Å². The van der Waals surface area contributed by atoms with Crippen LogP contribution in [0.2, 0.25) is 0 Å². The Kier molecular flexibility index (Phi) is 7.03. The minimum Gasteiger partial charge on any atom is -0.508 e. The highest BCUT2D eigenvalue weighted by Gasteiger charge is 2.25. The van der Waals surface area contributed by atoms with Crippen LogP contribution in [0.4, 0.5) is 4.79 Å². The van der Waals surface area contributed by atoms with Gasteiger partial charge in [-0.05, 0) is 30.0 Å². The second-order valence-electron chi connectivity index (χ2n) is 6.02. The molecule has 0 aliphatic heterocycles. The normalized spacial score (nSPS) is 13.1. The summed E-state index contributed by atoms with van der Waals surface area (Å²) in [4.78, 5) is 35.0. The minimum absolute atomic E-state index is 0.0911. The van der Waals surface area contributed by atoms with E-state index in [1.54, 1.807) is 12.1 Å². The smallest absolute Gasteiger partial charge is 0.312 e. The quantitative estimate of drug-likeness (QED) is 0.454. The van der Waals surface area contributed by atoms with E-state index in [4.69, 9.17) is 11.5 Å². The van der Waals surface area contributed by atoms with Gasteiger partial charge in [0.1, 0.15) is 17.8 Å². The largest absolute Gasteiger partial charge is 0.508 e. The van der Waals surface area contributed by atoms with Crippen LogP contribution in [-0.4, -0.2) is 35.0 Å². The standard InChI is InChI=1S/C16H24N4O4/c1-9(2)7-12(14(17)22)19-15(23)13(20-16(18)24)8-10-3-5-11(21)6-4-10/h3-6,9,12-13,21H,7-8H2,1-2H3,(H2,17,22)(H,19,23)(H3,18,20,24)/t12-,13-/m0/s1. The molecule has 2 atom stereocenters. The first-order valence-electron chi connectivity index (χ1n) is 7.62. The summed E-state index contributed by atoms with van der Waals surface area (Å²) in [5.74, 6) is -0.943. The summed E-state index contributed by atoms with van der Waals surface area (Å²) >= 11 is 0. The molecule has 4 amide bonds. The van der Waals surface area contributed by atoms with Crippen LogP contribution in [0.5, 0.6) is 5.75 Å². The summed E-state index contributed by atoms with van der Waals surface area (Å²) in [6.45, 7) is 3.80. The average Bonchev–Trinajstić information content (AvgIpc) is 2.47. The number of hydrogen-bond donors (Lipinski definition) is 5. The predicted molar refractivity (Wildman–Crippen MR) is 88.9 cm³/mol. The van der Waals surface area contributed by atoms with Gasteiger partial charge >= 0.3 is 6.03 Å². The lowest BCUT2D eigenvalue weighted by Gasteiger charge is -2.22. The van der Waals surface area contributed by atoms with Gasteiger partial charge in [-0.3, -0.25) is 9.59 Å². The van der Waals surface area contributed by atoms with Gasteiger partial charge < -0.3 is 27.2 Å². The Balaban J connectivity index is 2.85. The number of carbonyl (C=O) groups excluding carboxylic acids is 3. The number of hydrogen-bond acceptors (Lipinski definition) is 4. The molecule has 0 aromatic heterocycles. The SMILES string of the molecule is CC(C)C[C@H](NC(=O)[C@H](Cc1ccc(O)cc1)NC(N)=O)C(N)=O. The van der Waals surface area contributed by atoms with Crippen LogP contribution >= 0.6 is 0 Å². The maximum absolute atomic E-state index is 12.4. The molecule has 24 heavy (non-hydrogen) atoms. The van der Waals surface area contributed by atoms with Crippen LogP contribution in [-0.2, 0) is 16.0 Å². The van der Waals surface area contributed by atoms with Gasteiger partial charge in [0.2, 0.25) is 11.8 Å². The van der Waals surface area contributed by atoms with E-state index in [2.05, 4.69) is 10.6 Å². The number of phenolic OH excluding ortho intramolecular Hbond substituents is 1. The number of carbonyl (C=O) groups is 3. The Hall–Kier alpha value is -2.77. The van der Waals surface area contributed by atoms with E-state index < -0.39 is 29.9 Å². The molecule has 0 aliphatic rings. The highest BCUT2D eigenvalue weighted by atomic mass is 16.3. The second-order valence-corrected chi connectivity index (χ2v) is 6.02. The van der Waals surface area contributed by atoms with Crippen LogP contribution in [0, 0.1) is 5.92 Å². The summed E-state index contributed by atoms with van der Waals surface area (Å²) in [5.41, 5.74) is 11.1. The van der Waals surface area contributed by atoms with Crippen LogP contribution in [0.15, 0.2) is 24.3 Å². The van der Waals surface area contributed by atoms with Crippen molar-refractivity contribution in [1.29, 1.82) is 0 Å². The zero-order valence-electron chi connectivity index (χ0n) is 13.8. The molecular weight excluding hydrogens is 312 g/mol. The predicted octanol–water partition coefficient (Wildman–Crippen LogP) is -0.0122. The number of amides is 4. The number of phenols is 1. The molecule has 0 heterocycles. The van der Waals surface area contributed by atoms with Crippen LogP contribution in [0.1, 0.15) is 25.8 Å². The number of benzene rings is 1. The van der Waals surface area contributed by atoms with Crippen molar-refractivity contribution in [2.45, 2.75) is 38.8 Å². The number of nitrogens with one attached hydrogen (secondary N) is 2. The van der Waals surface area contributed by atoms with Gasteiger partial charge in [-0.2, -0.15) is 0 Å². The van der Waals surface area contributed by atoms with E-state index in [0.717, 1.165) is 0 Å². The van der Waals surface area contributed by atoms with Crippen LogP contribution in [0.3, 0.4) is 0 Å². The van der Waals surface area contributed by atoms with E-state index >= 15 is 0 Å². The minimum atomic E-state index is -0.957.